The summed E-state index contributed by atoms with van der Waals surface area (Å²) < 4.78 is 0. The average molecular weight is 238 g/mol. The van der Waals surface area contributed by atoms with Crippen molar-refractivity contribution in [2.45, 2.75) is 12.8 Å². The first-order valence-corrected chi connectivity index (χ1v) is 6.01. The Balaban J connectivity index is 1.88. The largest absolute Gasteiger partial charge is 0.507 e. The molecule has 3 rings (SSSR count). The molecule has 0 saturated heterocycles. The van der Waals surface area contributed by atoms with Gasteiger partial charge in [0.1, 0.15) is 5.75 Å². The number of benzene rings is 2. The van der Waals surface area contributed by atoms with Crippen molar-refractivity contribution in [1.29, 1.82) is 0 Å². The minimum atomic E-state index is 0.357. The molecule has 0 saturated carbocycles. The molecule has 90 valence electrons. The van der Waals surface area contributed by atoms with E-state index >= 15 is 0 Å². The Hall–Kier alpha value is -2.29. The molecular formula is C15H14N2O. The Kier molecular flexibility index (Phi) is 2.73. The second-order valence-corrected chi connectivity index (χ2v) is 4.44. The number of aromatic hydroxyl groups is 1. The molecule has 0 amide bonds. The summed E-state index contributed by atoms with van der Waals surface area (Å²) in [6, 6.07) is 11.9. The number of rotatable bonds is 3. The number of aromatic amines is 1. The highest BCUT2D eigenvalue weighted by atomic mass is 16.3. The number of fused-ring (bicyclic) bond motifs is 1. The van der Waals surface area contributed by atoms with Crippen molar-refractivity contribution in [3.8, 4) is 5.75 Å². The summed E-state index contributed by atoms with van der Waals surface area (Å²) in [5.74, 6) is 0.357. The summed E-state index contributed by atoms with van der Waals surface area (Å²) in [7, 11) is 0. The van der Waals surface area contributed by atoms with E-state index in [1.807, 2.05) is 42.7 Å². The molecule has 18 heavy (non-hydrogen) atoms. The zero-order valence-corrected chi connectivity index (χ0v) is 9.93. The molecule has 3 heteroatoms. The number of hydrogen-bond acceptors (Lipinski definition) is 2. The maximum absolute atomic E-state index is 9.99. The van der Waals surface area contributed by atoms with E-state index in [0.717, 1.165) is 29.2 Å². The highest BCUT2D eigenvalue weighted by molar-refractivity contribution is 5.88. The van der Waals surface area contributed by atoms with Crippen molar-refractivity contribution in [3.05, 3.63) is 59.9 Å². The molecule has 0 fully saturated rings. The molecule has 0 aliphatic heterocycles. The van der Waals surface area contributed by atoms with E-state index < -0.39 is 0 Å². The molecule has 0 radical (unpaired) electrons. The molecule has 2 aromatic carbocycles. The Morgan fingerprint density at radius 3 is 2.72 bits per heavy atom. The Labute approximate surface area is 105 Å². The lowest BCUT2D eigenvalue weighted by Crippen LogP contribution is -1.90. The lowest BCUT2D eigenvalue weighted by atomic mass is 10.0. The molecule has 1 heterocycles. The summed E-state index contributed by atoms with van der Waals surface area (Å²) in [5.41, 5.74) is 2.33. The third-order valence-corrected chi connectivity index (χ3v) is 3.16. The van der Waals surface area contributed by atoms with E-state index in [1.165, 1.54) is 5.56 Å². The van der Waals surface area contributed by atoms with E-state index in [1.54, 1.807) is 0 Å². The van der Waals surface area contributed by atoms with Crippen LogP contribution in [0.1, 0.15) is 11.1 Å². The minimum Gasteiger partial charge on any atom is -0.507 e. The standard InChI is InChI=1S/C15H14N2O/c18-15-8-11(5-6-12-9-16-17-10-12)7-13-3-1-2-4-14(13)15/h1-4,7-10,18H,5-6H2,(H,16,17). The van der Waals surface area contributed by atoms with Crippen LogP contribution in [0.4, 0.5) is 0 Å². The Morgan fingerprint density at radius 2 is 1.89 bits per heavy atom. The van der Waals surface area contributed by atoms with E-state index in [-0.39, 0.29) is 0 Å². The van der Waals surface area contributed by atoms with Crippen molar-refractivity contribution >= 4 is 10.8 Å². The van der Waals surface area contributed by atoms with Gasteiger partial charge in [-0.05, 0) is 35.4 Å². The summed E-state index contributed by atoms with van der Waals surface area (Å²) >= 11 is 0. The fourth-order valence-corrected chi connectivity index (χ4v) is 2.20. The minimum absolute atomic E-state index is 0.357. The van der Waals surface area contributed by atoms with Crippen LogP contribution >= 0.6 is 0 Å². The van der Waals surface area contributed by atoms with E-state index in [9.17, 15) is 5.11 Å². The quantitative estimate of drug-likeness (QED) is 0.736. The maximum atomic E-state index is 9.99. The van der Waals surface area contributed by atoms with E-state index in [2.05, 4.69) is 16.3 Å². The van der Waals surface area contributed by atoms with Crippen LogP contribution < -0.4 is 0 Å². The van der Waals surface area contributed by atoms with Gasteiger partial charge in [0.2, 0.25) is 0 Å². The Bertz CT molecular complexity index is 659. The summed E-state index contributed by atoms with van der Waals surface area (Å²) in [4.78, 5) is 0. The van der Waals surface area contributed by atoms with Crippen LogP contribution in [0.15, 0.2) is 48.8 Å². The van der Waals surface area contributed by atoms with Gasteiger partial charge < -0.3 is 5.11 Å². The van der Waals surface area contributed by atoms with Crippen LogP contribution in [-0.4, -0.2) is 15.3 Å². The van der Waals surface area contributed by atoms with Crippen LogP contribution in [0, 0.1) is 0 Å². The fourth-order valence-electron chi connectivity index (χ4n) is 2.20. The number of nitrogens with zero attached hydrogens (tertiary/aromatic N) is 1. The molecule has 0 bridgehead atoms. The van der Waals surface area contributed by atoms with Gasteiger partial charge in [0, 0.05) is 11.6 Å². The van der Waals surface area contributed by atoms with Gasteiger partial charge in [0.25, 0.3) is 0 Å². The topological polar surface area (TPSA) is 48.9 Å². The SMILES string of the molecule is Oc1cc(CCc2cn[nH]c2)cc2ccccc12. The zero-order valence-electron chi connectivity index (χ0n) is 9.93. The third-order valence-electron chi connectivity index (χ3n) is 3.16. The second-order valence-electron chi connectivity index (χ2n) is 4.44. The van der Waals surface area contributed by atoms with Gasteiger partial charge in [-0.1, -0.05) is 30.3 Å². The van der Waals surface area contributed by atoms with E-state index in [4.69, 9.17) is 0 Å². The molecule has 3 aromatic rings. The molecule has 0 unspecified atom stereocenters. The van der Waals surface area contributed by atoms with Gasteiger partial charge in [0.15, 0.2) is 0 Å². The predicted molar refractivity (Wildman–Crippen MR) is 71.6 cm³/mol. The van der Waals surface area contributed by atoms with Crippen molar-refractivity contribution < 1.29 is 5.11 Å². The van der Waals surface area contributed by atoms with Crippen LogP contribution in [0.2, 0.25) is 0 Å². The van der Waals surface area contributed by atoms with Crippen molar-refractivity contribution in [2.24, 2.45) is 0 Å². The van der Waals surface area contributed by atoms with Crippen LogP contribution in [0.5, 0.6) is 5.75 Å². The molecule has 0 aliphatic rings. The van der Waals surface area contributed by atoms with E-state index in [0.29, 0.717) is 5.75 Å². The van der Waals surface area contributed by atoms with Crippen LogP contribution in [0.25, 0.3) is 10.8 Å². The highest BCUT2D eigenvalue weighted by Gasteiger charge is 2.03. The first-order chi connectivity index (χ1) is 8.83. The summed E-state index contributed by atoms with van der Waals surface area (Å²) in [5, 5.41) is 18.7. The van der Waals surface area contributed by atoms with Crippen molar-refractivity contribution in [1.82, 2.24) is 10.2 Å². The van der Waals surface area contributed by atoms with Gasteiger partial charge in [-0.15, -0.1) is 0 Å². The fraction of sp³-hybridized carbons (Fsp3) is 0.133. The first kappa shape index (κ1) is 10.8. The average Bonchev–Trinajstić information content (AvgIpc) is 2.90. The summed E-state index contributed by atoms with van der Waals surface area (Å²) in [6.07, 6.45) is 5.56. The first-order valence-electron chi connectivity index (χ1n) is 6.01. The normalized spacial score (nSPS) is 10.9. The monoisotopic (exact) mass is 238 g/mol. The lowest BCUT2D eigenvalue weighted by Gasteiger charge is -2.05. The van der Waals surface area contributed by atoms with Crippen LogP contribution in [0.3, 0.4) is 0 Å². The van der Waals surface area contributed by atoms with Crippen molar-refractivity contribution in [3.63, 3.8) is 0 Å². The third kappa shape index (κ3) is 2.07. The maximum Gasteiger partial charge on any atom is 0.123 e. The number of nitrogens with one attached hydrogen (secondary N) is 1. The smallest absolute Gasteiger partial charge is 0.123 e. The number of phenols is 1. The molecule has 0 atom stereocenters. The zero-order chi connectivity index (χ0) is 12.4. The molecule has 0 aliphatic carbocycles. The van der Waals surface area contributed by atoms with Gasteiger partial charge in [-0.2, -0.15) is 5.10 Å². The number of aryl methyl sites for hydroxylation is 2. The molecular weight excluding hydrogens is 224 g/mol. The van der Waals surface area contributed by atoms with Crippen LogP contribution in [-0.2, 0) is 12.8 Å². The molecule has 2 N–H and O–H groups in total. The molecule has 0 spiro atoms. The number of hydrogen-bond donors (Lipinski definition) is 2. The van der Waals surface area contributed by atoms with Gasteiger partial charge >= 0.3 is 0 Å². The molecule has 1 aromatic heterocycles. The number of H-pyrrole nitrogens is 1. The van der Waals surface area contributed by atoms with Gasteiger partial charge in [0.05, 0.1) is 6.20 Å². The second kappa shape index (κ2) is 4.53. The lowest BCUT2D eigenvalue weighted by molar-refractivity contribution is 0.481. The summed E-state index contributed by atoms with van der Waals surface area (Å²) in [6.45, 7) is 0. The number of phenolic OH excluding ortho intramolecular Hbond substituents is 1. The molecule has 3 nitrogen and oxygen atoms in total. The van der Waals surface area contributed by atoms with Crippen molar-refractivity contribution in [2.75, 3.05) is 0 Å². The highest BCUT2D eigenvalue weighted by Crippen LogP contribution is 2.26. The number of aromatic nitrogens is 2. The van der Waals surface area contributed by atoms with Gasteiger partial charge in [-0.3, -0.25) is 5.10 Å². The van der Waals surface area contributed by atoms with Gasteiger partial charge in [-0.25, -0.2) is 0 Å². The predicted octanol–water partition coefficient (Wildman–Crippen LogP) is 3.05. The Morgan fingerprint density at radius 1 is 1.06 bits per heavy atom.